The Bertz CT molecular complexity index is 971. The van der Waals surface area contributed by atoms with Crippen molar-refractivity contribution < 1.29 is 17.9 Å². The highest BCUT2D eigenvalue weighted by Crippen LogP contribution is 2.24. The van der Waals surface area contributed by atoms with Crippen LogP contribution in [0.2, 0.25) is 0 Å². The van der Waals surface area contributed by atoms with Gasteiger partial charge in [0, 0.05) is 6.07 Å². The molecule has 2 rings (SSSR count). The van der Waals surface area contributed by atoms with E-state index in [9.17, 15) is 13.2 Å². The lowest BCUT2D eigenvalue weighted by molar-refractivity contribution is -0.120. The van der Waals surface area contributed by atoms with E-state index in [1.54, 1.807) is 24.3 Å². The molecule has 0 radical (unpaired) electrons. The topological polar surface area (TPSA) is 75.7 Å². The minimum absolute atomic E-state index is 0.0429. The summed E-state index contributed by atoms with van der Waals surface area (Å²) >= 11 is 0. The Kier molecular flexibility index (Phi) is 7.30. The maximum absolute atomic E-state index is 12.7. The van der Waals surface area contributed by atoms with Crippen LogP contribution in [0.25, 0.3) is 0 Å². The molecule has 0 aromatic heterocycles. The van der Waals surface area contributed by atoms with E-state index in [4.69, 9.17) is 4.74 Å². The van der Waals surface area contributed by atoms with Gasteiger partial charge >= 0.3 is 0 Å². The fraction of sp³-hybridized carbons (Fsp3) is 0.409. The molecule has 7 heteroatoms. The van der Waals surface area contributed by atoms with Gasteiger partial charge in [-0.15, -0.1) is 0 Å². The van der Waals surface area contributed by atoms with Crippen LogP contribution < -0.4 is 14.4 Å². The molecule has 0 saturated carbocycles. The summed E-state index contributed by atoms with van der Waals surface area (Å²) < 4.78 is 31.5. The van der Waals surface area contributed by atoms with Crippen LogP contribution in [0.5, 0.6) is 5.75 Å². The summed E-state index contributed by atoms with van der Waals surface area (Å²) in [6.45, 7) is 9.35. The highest BCUT2D eigenvalue weighted by atomic mass is 32.2. The van der Waals surface area contributed by atoms with Crippen molar-refractivity contribution >= 4 is 21.6 Å². The van der Waals surface area contributed by atoms with E-state index < -0.39 is 10.0 Å². The van der Waals surface area contributed by atoms with E-state index in [2.05, 4.69) is 5.32 Å². The number of ether oxygens (including phenoxy) is 1. The molecule has 0 unspecified atom stereocenters. The average molecular weight is 419 g/mol. The van der Waals surface area contributed by atoms with Crippen molar-refractivity contribution in [1.29, 1.82) is 0 Å². The number of nitrogens with zero attached hydrogens (tertiary/aromatic N) is 1. The Balaban J connectivity index is 2.20. The van der Waals surface area contributed by atoms with Crippen molar-refractivity contribution in [1.82, 2.24) is 5.32 Å². The number of carbonyl (C=O) groups is 1. The number of amides is 1. The summed E-state index contributed by atoms with van der Waals surface area (Å²) in [7, 11) is -3.66. The van der Waals surface area contributed by atoms with Crippen molar-refractivity contribution in [2.45, 2.75) is 46.8 Å². The lowest BCUT2D eigenvalue weighted by Crippen LogP contribution is -2.41. The first-order valence-corrected chi connectivity index (χ1v) is 11.4. The number of sulfonamides is 1. The Labute approximate surface area is 173 Å². The van der Waals surface area contributed by atoms with Gasteiger partial charge < -0.3 is 10.1 Å². The van der Waals surface area contributed by atoms with Crippen LogP contribution in [-0.2, 0) is 14.8 Å². The van der Waals surface area contributed by atoms with Gasteiger partial charge in [-0.1, -0.05) is 29.8 Å². The first kappa shape index (κ1) is 22.7. The lowest BCUT2D eigenvalue weighted by atomic mass is 10.00. The molecule has 1 amide bonds. The third kappa shape index (κ3) is 6.49. The van der Waals surface area contributed by atoms with E-state index in [0.29, 0.717) is 11.4 Å². The molecule has 29 heavy (non-hydrogen) atoms. The number of hydrogen-bond donors (Lipinski definition) is 1. The fourth-order valence-corrected chi connectivity index (χ4v) is 3.95. The molecule has 0 bridgehead atoms. The fourth-order valence-electron chi connectivity index (χ4n) is 3.11. The molecule has 0 saturated heterocycles. The standard InChI is InChI=1S/C22H30N2O4S/c1-15(2)28-20-9-7-8-19(13-20)24(29(6,26)27)14-22(25)23-18(5)21-12-16(3)10-11-17(21)4/h7-13,15,18H,14H2,1-6H3,(H,23,25)/t18-/m1/s1. The highest BCUT2D eigenvalue weighted by Gasteiger charge is 2.22. The Morgan fingerprint density at radius 1 is 1.10 bits per heavy atom. The van der Waals surface area contributed by atoms with Gasteiger partial charge in [-0.2, -0.15) is 0 Å². The predicted molar refractivity (Wildman–Crippen MR) is 117 cm³/mol. The molecule has 0 fully saturated rings. The molecule has 0 aliphatic carbocycles. The molecule has 0 aliphatic rings. The molecule has 6 nitrogen and oxygen atoms in total. The molecule has 0 heterocycles. The van der Waals surface area contributed by atoms with Crippen molar-refractivity contribution in [3.8, 4) is 5.75 Å². The number of hydrogen-bond acceptors (Lipinski definition) is 4. The number of aryl methyl sites for hydroxylation is 2. The average Bonchev–Trinajstić information content (AvgIpc) is 2.60. The van der Waals surface area contributed by atoms with Crippen LogP contribution in [0.3, 0.4) is 0 Å². The van der Waals surface area contributed by atoms with Crippen molar-refractivity contribution in [2.24, 2.45) is 0 Å². The third-order valence-corrected chi connectivity index (χ3v) is 5.58. The Morgan fingerprint density at radius 2 is 1.79 bits per heavy atom. The number of carbonyl (C=O) groups excluding carboxylic acids is 1. The number of rotatable bonds is 8. The number of anilines is 1. The maximum atomic E-state index is 12.7. The number of benzene rings is 2. The van der Waals surface area contributed by atoms with Gasteiger partial charge in [0.15, 0.2) is 0 Å². The summed E-state index contributed by atoms with van der Waals surface area (Å²) in [5.74, 6) is 0.175. The quantitative estimate of drug-likeness (QED) is 0.709. The molecule has 158 valence electrons. The van der Waals surface area contributed by atoms with E-state index >= 15 is 0 Å². The van der Waals surface area contributed by atoms with Gasteiger partial charge in [0.05, 0.1) is 24.1 Å². The number of nitrogens with one attached hydrogen (secondary N) is 1. The lowest BCUT2D eigenvalue weighted by Gasteiger charge is -2.24. The zero-order valence-corrected chi connectivity index (χ0v) is 18.7. The maximum Gasteiger partial charge on any atom is 0.241 e. The van der Waals surface area contributed by atoms with Crippen LogP contribution in [0, 0.1) is 13.8 Å². The van der Waals surface area contributed by atoms with Crippen LogP contribution in [0.1, 0.15) is 43.5 Å². The Morgan fingerprint density at radius 3 is 2.41 bits per heavy atom. The molecule has 2 aromatic rings. The highest BCUT2D eigenvalue weighted by molar-refractivity contribution is 7.92. The summed E-state index contributed by atoms with van der Waals surface area (Å²) in [5, 5.41) is 2.91. The first-order chi connectivity index (χ1) is 13.5. The van der Waals surface area contributed by atoms with Crippen molar-refractivity contribution in [2.75, 3.05) is 17.1 Å². The van der Waals surface area contributed by atoms with Gasteiger partial charge in [0.1, 0.15) is 12.3 Å². The van der Waals surface area contributed by atoms with Crippen LogP contribution in [-0.4, -0.2) is 33.2 Å². The second-order valence-electron chi connectivity index (χ2n) is 7.58. The summed E-state index contributed by atoms with van der Waals surface area (Å²) in [4.78, 5) is 12.7. The molecule has 1 N–H and O–H groups in total. The molecule has 1 atom stereocenters. The molecule has 0 aliphatic heterocycles. The van der Waals surface area contributed by atoms with Crippen LogP contribution in [0.15, 0.2) is 42.5 Å². The van der Waals surface area contributed by atoms with Crippen LogP contribution >= 0.6 is 0 Å². The second-order valence-corrected chi connectivity index (χ2v) is 9.49. The van der Waals surface area contributed by atoms with Gasteiger partial charge in [-0.3, -0.25) is 9.10 Å². The minimum Gasteiger partial charge on any atom is -0.491 e. The van der Waals surface area contributed by atoms with Gasteiger partial charge in [0.25, 0.3) is 0 Å². The van der Waals surface area contributed by atoms with Crippen molar-refractivity contribution in [3.63, 3.8) is 0 Å². The van der Waals surface area contributed by atoms with E-state index in [-0.39, 0.29) is 24.6 Å². The Hall–Kier alpha value is -2.54. The SMILES string of the molecule is Cc1ccc(C)c([C@@H](C)NC(=O)CN(c2cccc(OC(C)C)c2)S(C)(=O)=O)c1. The molecular formula is C22H30N2O4S. The first-order valence-electron chi connectivity index (χ1n) is 9.58. The molecular weight excluding hydrogens is 388 g/mol. The molecule has 0 spiro atoms. The summed E-state index contributed by atoms with van der Waals surface area (Å²) in [6.07, 6.45) is 1.04. The molecule has 2 aromatic carbocycles. The normalized spacial score (nSPS) is 12.5. The monoisotopic (exact) mass is 418 g/mol. The van der Waals surface area contributed by atoms with E-state index in [1.165, 1.54) is 0 Å². The predicted octanol–water partition coefficient (Wildman–Crippen LogP) is 3.73. The minimum atomic E-state index is -3.66. The zero-order chi connectivity index (χ0) is 21.8. The van der Waals surface area contributed by atoms with Gasteiger partial charge in [-0.05, 0) is 57.9 Å². The largest absolute Gasteiger partial charge is 0.491 e. The smallest absolute Gasteiger partial charge is 0.241 e. The zero-order valence-electron chi connectivity index (χ0n) is 17.9. The second kappa shape index (κ2) is 9.31. The van der Waals surface area contributed by atoms with Gasteiger partial charge in [0.2, 0.25) is 15.9 Å². The van der Waals surface area contributed by atoms with Gasteiger partial charge in [-0.25, -0.2) is 8.42 Å². The summed E-state index contributed by atoms with van der Waals surface area (Å²) in [5.41, 5.74) is 3.57. The van der Waals surface area contributed by atoms with E-state index in [1.807, 2.05) is 52.8 Å². The third-order valence-electron chi connectivity index (χ3n) is 4.44. The van der Waals surface area contributed by atoms with E-state index in [0.717, 1.165) is 27.3 Å². The van der Waals surface area contributed by atoms with Crippen molar-refractivity contribution in [3.05, 3.63) is 59.2 Å². The van der Waals surface area contributed by atoms with Crippen LogP contribution in [0.4, 0.5) is 5.69 Å². The summed E-state index contributed by atoms with van der Waals surface area (Å²) in [6, 6.07) is 12.6.